The molecule has 1 atom stereocenters. The van der Waals surface area contributed by atoms with Crippen molar-refractivity contribution in [3.8, 4) is 0 Å². The van der Waals surface area contributed by atoms with E-state index in [0.29, 0.717) is 5.01 Å². The summed E-state index contributed by atoms with van der Waals surface area (Å²) >= 11 is 1.03. The first kappa shape index (κ1) is 22.4. The summed E-state index contributed by atoms with van der Waals surface area (Å²) in [4.78, 5) is 16.8. The number of hydrogen-bond acceptors (Lipinski definition) is 5. The molecule has 0 saturated carbocycles. The second kappa shape index (κ2) is 8.11. The van der Waals surface area contributed by atoms with Gasteiger partial charge in [0.25, 0.3) is 5.91 Å². The van der Waals surface area contributed by atoms with Gasteiger partial charge in [-0.3, -0.25) is 4.79 Å². The molecule has 1 aromatic carbocycles. The monoisotopic (exact) mass is 453 g/mol. The molecule has 158 valence electrons. The van der Waals surface area contributed by atoms with E-state index in [1.807, 2.05) is 0 Å². The predicted molar refractivity (Wildman–Crippen MR) is 120 cm³/mol. The molecular formula is C20H27N3O3S3. The third-order valence-corrected chi connectivity index (χ3v) is 8.69. The second-order valence-electron chi connectivity index (χ2n) is 8.11. The summed E-state index contributed by atoms with van der Waals surface area (Å²) in [6.45, 7) is 3.18. The lowest BCUT2D eigenvalue weighted by Crippen LogP contribution is -2.16. The number of aryl methyl sites for hydroxylation is 2. The maximum atomic E-state index is 12.9. The van der Waals surface area contributed by atoms with Crippen molar-refractivity contribution in [1.29, 1.82) is 0 Å². The van der Waals surface area contributed by atoms with Crippen molar-refractivity contribution in [3.63, 3.8) is 0 Å². The summed E-state index contributed by atoms with van der Waals surface area (Å²) < 4.78 is 17.0. The zero-order valence-electron chi connectivity index (χ0n) is 16.7. The van der Waals surface area contributed by atoms with Crippen molar-refractivity contribution in [3.05, 3.63) is 45.1 Å². The molecule has 0 spiro atoms. The Balaban J connectivity index is 0.00000240. The quantitative estimate of drug-likeness (QED) is 0.742. The zero-order valence-corrected chi connectivity index (χ0v) is 19.3. The van der Waals surface area contributed by atoms with Gasteiger partial charge in [-0.1, -0.05) is 6.07 Å². The molecule has 0 bridgehead atoms. The van der Waals surface area contributed by atoms with E-state index in [-0.39, 0.29) is 24.1 Å². The fourth-order valence-corrected chi connectivity index (χ4v) is 6.34. The summed E-state index contributed by atoms with van der Waals surface area (Å²) in [6, 6.07) is 2.32. The minimum atomic E-state index is -3.38. The number of aromatic nitrogens is 1. The Morgan fingerprint density at radius 1 is 1.24 bits per heavy atom. The molecule has 6 nitrogen and oxygen atoms in total. The van der Waals surface area contributed by atoms with E-state index in [9.17, 15) is 14.1 Å². The first-order valence-corrected chi connectivity index (χ1v) is 12.0. The normalized spacial score (nSPS) is 17.2. The molecule has 1 unspecified atom stereocenters. The SMILES string of the molecule is CC(C)(O)c1ncc(S(N)(=O)=NC(=O)Cc2c3c(cc4c2CCC4)CCC3)s1.S. The van der Waals surface area contributed by atoms with Crippen LogP contribution in [0.3, 0.4) is 0 Å². The van der Waals surface area contributed by atoms with E-state index in [2.05, 4.69) is 15.4 Å². The minimum Gasteiger partial charge on any atom is -0.383 e. The number of nitrogens with zero attached hydrogens (tertiary/aromatic N) is 2. The van der Waals surface area contributed by atoms with Crippen molar-refractivity contribution in [2.45, 2.75) is 68.6 Å². The van der Waals surface area contributed by atoms with Crippen molar-refractivity contribution < 1.29 is 14.1 Å². The van der Waals surface area contributed by atoms with Gasteiger partial charge in [0.15, 0.2) is 9.92 Å². The van der Waals surface area contributed by atoms with Crippen LogP contribution in [0, 0.1) is 0 Å². The average Bonchev–Trinajstić information content (AvgIpc) is 3.33. The van der Waals surface area contributed by atoms with Crippen LogP contribution in [0.2, 0.25) is 0 Å². The van der Waals surface area contributed by atoms with E-state index < -0.39 is 21.4 Å². The summed E-state index contributed by atoms with van der Waals surface area (Å²) in [5, 5.41) is 16.3. The van der Waals surface area contributed by atoms with Gasteiger partial charge in [-0.15, -0.1) is 15.7 Å². The van der Waals surface area contributed by atoms with Crippen molar-refractivity contribution in [1.82, 2.24) is 4.98 Å². The number of carbonyl (C=O) groups excluding carboxylic acids is 1. The summed E-state index contributed by atoms with van der Waals surface area (Å²) in [7, 11) is -3.38. The highest BCUT2D eigenvalue weighted by molar-refractivity contribution is 7.93. The predicted octanol–water partition coefficient (Wildman–Crippen LogP) is 2.93. The third kappa shape index (κ3) is 4.44. The number of fused-ring (bicyclic) bond motifs is 2. The molecule has 2 aliphatic carbocycles. The lowest BCUT2D eigenvalue weighted by molar-refractivity contribution is -0.117. The largest absolute Gasteiger partial charge is 0.383 e. The fourth-order valence-electron chi connectivity index (χ4n) is 4.21. The number of aliphatic hydroxyl groups is 1. The number of nitrogens with two attached hydrogens (primary N) is 1. The van der Waals surface area contributed by atoms with Gasteiger partial charge >= 0.3 is 0 Å². The van der Waals surface area contributed by atoms with Gasteiger partial charge in [-0.05, 0) is 80.2 Å². The Hall–Kier alpha value is -1.26. The highest BCUT2D eigenvalue weighted by Crippen LogP contribution is 2.35. The number of rotatable bonds is 4. The Morgan fingerprint density at radius 3 is 2.34 bits per heavy atom. The minimum absolute atomic E-state index is 0. The van der Waals surface area contributed by atoms with Gasteiger partial charge in [0.05, 0.1) is 12.6 Å². The molecule has 2 aromatic rings. The van der Waals surface area contributed by atoms with Gasteiger partial charge < -0.3 is 5.11 Å². The summed E-state index contributed by atoms with van der Waals surface area (Å²) in [6.07, 6.45) is 7.84. The van der Waals surface area contributed by atoms with Gasteiger partial charge in [0.1, 0.15) is 14.8 Å². The Kier molecular flexibility index (Phi) is 6.27. The number of hydrogen-bond donors (Lipinski definition) is 2. The van der Waals surface area contributed by atoms with Gasteiger partial charge in [0, 0.05) is 0 Å². The molecule has 1 aromatic heterocycles. The molecule has 0 aliphatic heterocycles. The number of carbonyl (C=O) groups is 1. The van der Waals surface area contributed by atoms with Gasteiger partial charge in [-0.25, -0.2) is 14.3 Å². The van der Waals surface area contributed by atoms with Crippen molar-refractivity contribution in [2.24, 2.45) is 9.50 Å². The van der Waals surface area contributed by atoms with Crippen LogP contribution in [0.1, 0.15) is 59.5 Å². The van der Waals surface area contributed by atoms with E-state index in [4.69, 9.17) is 5.14 Å². The summed E-state index contributed by atoms with van der Waals surface area (Å²) in [5.41, 5.74) is 5.22. The molecule has 0 fully saturated rings. The summed E-state index contributed by atoms with van der Waals surface area (Å²) in [5.74, 6) is -0.458. The Morgan fingerprint density at radius 2 is 1.83 bits per heavy atom. The van der Waals surface area contributed by atoms with Crippen molar-refractivity contribution >= 4 is 40.7 Å². The van der Waals surface area contributed by atoms with Crippen LogP contribution in [0.5, 0.6) is 0 Å². The zero-order chi connectivity index (χ0) is 20.1. The molecule has 4 rings (SSSR count). The fraction of sp³-hybridized carbons (Fsp3) is 0.500. The Bertz CT molecular complexity index is 1040. The maximum absolute atomic E-state index is 12.9. The molecular weight excluding hydrogens is 426 g/mol. The lowest BCUT2D eigenvalue weighted by atomic mass is 9.92. The van der Waals surface area contributed by atoms with Crippen molar-refractivity contribution in [2.75, 3.05) is 0 Å². The van der Waals surface area contributed by atoms with E-state index in [0.717, 1.165) is 55.4 Å². The third-order valence-electron chi connectivity index (χ3n) is 5.46. The van der Waals surface area contributed by atoms with Gasteiger partial charge in [0.2, 0.25) is 0 Å². The van der Waals surface area contributed by atoms with Crippen LogP contribution in [0.15, 0.2) is 20.8 Å². The molecule has 0 saturated heterocycles. The molecule has 29 heavy (non-hydrogen) atoms. The second-order valence-corrected chi connectivity index (χ2v) is 11.2. The first-order valence-electron chi connectivity index (χ1n) is 9.57. The molecule has 1 amide bonds. The van der Waals surface area contributed by atoms with E-state index >= 15 is 0 Å². The average molecular weight is 454 g/mol. The Labute approximate surface area is 182 Å². The van der Waals surface area contributed by atoms with Crippen LogP contribution in [-0.2, 0) is 52.4 Å². The first-order chi connectivity index (χ1) is 13.1. The smallest absolute Gasteiger partial charge is 0.259 e. The highest BCUT2D eigenvalue weighted by Gasteiger charge is 2.26. The van der Waals surface area contributed by atoms with E-state index in [1.54, 1.807) is 13.8 Å². The number of amides is 1. The molecule has 0 radical (unpaired) electrons. The number of thiazole rings is 1. The molecule has 3 N–H and O–H groups in total. The molecule has 1 heterocycles. The topological polar surface area (TPSA) is 106 Å². The molecule has 2 aliphatic rings. The molecule has 9 heteroatoms. The standard InChI is InChI=1S/C20H25N3O3S2.H2S/c1-20(2,25)19-22-11-18(27-19)28(21,26)23-17(24)10-16-14-7-3-5-12(14)9-13-6-4-8-15(13)16;/h9,11,25H,3-8,10H2,1-2H3,(H2,21,23,24,26);1H2. The number of benzene rings is 1. The lowest BCUT2D eigenvalue weighted by Gasteiger charge is -2.14. The highest BCUT2D eigenvalue weighted by atomic mass is 32.2. The van der Waals surface area contributed by atoms with Gasteiger partial charge in [-0.2, -0.15) is 13.5 Å². The van der Waals surface area contributed by atoms with Crippen LogP contribution in [0.4, 0.5) is 0 Å². The van der Waals surface area contributed by atoms with Crippen LogP contribution in [-0.4, -0.2) is 20.2 Å². The van der Waals surface area contributed by atoms with E-state index in [1.165, 1.54) is 28.5 Å². The van der Waals surface area contributed by atoms with Crippen LogP contribution in [0.25, 0.3) is 0 Å². The maximum Gasteiger partial charge on any atom is 0.259 e. The van der Waals surface area contributed by atoms with Crippen LogP contribution >= 0.6 is 24.8 Å². The van der Waals surface area contributed by atoms with Crippen LogP contribution < -0.4 is 5.14 Å².